The van der Waals surface area contributed by atoms with E-state index < -0.39 is 0 Å². The second kappa shape index (κ2) is 6.11. The molecule has 2 unspecified atom stereocenters. The summed E-state index contributed by atoms with van der Waals surface area (Å²) in [7, 11) is 2.18. The lowest BCUT2D eigenvalue weighted by molar-refractivity contribution is 0.0436. The SMILES string of the molecule is CN1CCC(N)C(N2CCN(CCO)CC2)C1. The van der Waals surface area contributed by atoms with Gasteiger partial charge in [-0.2, -0.15) is 0 Å². The van der Waals surface area contributed by atoms with Gasteiger partial charge in [0.2, 0.25) is 0 Å². The van der Waals surface area contributed by atoms with Crippen LogP contribution in [-0.4, -0.2) is 91.4 Å². The van der Waals surface area contributed by atoms with Crippen LogP contribution >= 0.6 is 0 Å². The Labute approximate surface area is 104 Å². The van der Waals surface area contributed by atoms with Crippen LogP contribution in [-0.2, 0) is 0 Å². The molecule has 2 fully saturated rings. The van der Waals surface area contributed by atoms with E-state index in [9.17, 15) is 0 Å². The molecule has 2 aliphatic rings. The van der Waals surface area contributed by atoms with E-state index in [1.54, 1.807) is 0 Å². The third-order valence-corrected chi connectivity index (χ3v) is 4.13. The van der Waals surface area contributed by atoms with Gasteiger partial charge >= 0.3 is 0 Å². The van der Waals surface area contributed by atoms with E-state index in [1.807, 2.05) is 0 Å². The summed E-state index contributed by atoms with van der Waals surface area (Å²) in [6.07, 6.45) is 1.11. The van der Waals surface area contributed by atoms with Crippen molar-refractivity contribution in [3.05, 3.63) is 0 Å². The zero-order valence-corrected chi connectivity index (χ0v) is 10.9. The molecule has 5 nitrogen and oxygen atoms in total. The molecule has 2 rings (SSSR count). The van der Waals surface area contributed by atoms with Crippen LogP contribution in [0, 0.1) is 0 Å². The molecule has 100 valence electrons. The Kier molecular flexibility index (Phi) is 4.76. The van der Waals surface area contributed by atoms with E-state index in [2.05, 4.69) is 21.7 Å². The number of piperidine rings is 1. The van der Waals surface area contributed by atoms with Gasteiger partial charge in [-0.15, -0.1) is 0 Å². The van der Waals surface area contributed by atoms with E-state index in [-0.39, 0.29) is 6.61 Å². The molecule has 2 heterocycles. The number of nitrogens with two attached hydrogens (primary N) is 1. The fourth-order valence-electron chi connectivity index (χ4n) is 2.95. The van der Waals surface area contributed by atoms with Crippen molar-refractivity contribution in [2.45, 2.75) is 18.5 Å². The molecule has 2 saturated heterocycles. The first-order chi connectivity index (χ1) is 8.20. The number of likely N-dealkylation sites (tertiary alicyclic amines) is 1. The Morgan fingerprint density at radius 1 is 1.18 bits per heavy atom. The summed E-state index contributed by atoms with van der Waals surface area (Å²) < 4.78 is 0. The minimum absolute atomic E-state index is 0.270. The minimum atomic E-state index is 0.270. The number of hydrogen-bond donors (Lipinski definition) is 2. The Hall–Kier alpha value is -0.200. The highest BCUT2D eigenvalue weighted by Gasteiger charge is 2.31. The topological polar surface area (TPSA) is 56.0 Å². The molecule has 0 spiro atoms. The molecule has 2 atom stereocenters. The summed E-state index contributed by atoms with van der Waals surface area (Å²) in [5.74, 6) is 0. The van der Waals surface area contributed by atoms with Gasteiger partial charge in [0.05, 0.1) is 6.61 Å². The van der Waals surface area contributed by atoms with E-state index >= 15 is 0 Å². The molecule has 0 aromatic heterocycles. The number of piperazine rings is 1. The Balaban J connectivity index is 1.82. The molecule has 0 saturated carbocycles. The van der Waals surface area contributed by atoms with Crippen molar-refractivity contribution in [2.75, 3.05) is 59.5 Å². The number of likely N-dealkylation sites (N-methyl/N-ethyl adjacent to an activating group) is 1. The second-order valence-corrected chi connectivity index (χ2v) is 5.38. The first kappa shape index (κ1) is 13.2. The summed E-state index contributed by atoms with van der Waals surface area (Å²) in [5, 5.41) is 8.93. The number of nitrogens with zero attached hydrogens (tertiary/aromatic N) is 3. The zero-order valence-electron chi connectivity index (χ0n) is 10.9. The molecular weight excluding hydrogens is 216 g/mol. The average Bonchev–Trinajstić information content (AvgIpc) is 2.34. The van der Waals surface area contributed by atoms with Gasteiger partial charge in [0.25, 0.3) is 0 Å². The maximum absolute atomic E-state index is 8.93. The van der Waals surface area contributed by atoms with Gasteiger partial charge in [-0.05, 0) is 20.0 Å². The van der Waals surface area contributed by atoms with Gasteiger partial charge in [0.1, 0.15) is 0 Å². The quantitative estimate of drug-likeness (QED) is 0.639. The average molecular weight is 242 g/mol. The van der Waals surface area contributed by atoms with E-state index in [4.69, 9.17) is 10.8 Å². The Morgan fingerprint density at radius 3 is 2.53 bits per heavy atom. The van der Waals surface area contributed by atoms with Gasteiger partial charge in [0, 0.05) is 51.4 Å². The fourth-order valence-corrected chi connectivity index (χ4v) is 2.95. The van der Waals surface area contributed by atoms with Crippen molar-refractivity contribution in [2.24, 2.45) is 5.73 Å². The zero-order chi connectivity index (χ0) is 12.3. The van der Waals surface area contributed by atoms with Crippen molar-refractivity contribution in [3.63, 3.8) is 0 Å². The van der Waals surface area contributed by atoms with Crippen LogP contribution in [0.25, 0.3) is 0 Å². The van der Waals surface area contributed by atoms with Crippen LogP contribution in [0.5, 0.6) is 0 Å². The fraction of sp³-hybridized carbons (Fsp3) is 1.00. The molecule has 3 N–H and O–H groups in total. The van der Waals surface area contributed by atoms with Crippen LogP contribution in [0.15, 0.2) is 0 Å². The molecular formula is C12H26N4O. The number of aliphatic hydroxyl groups excluding tert-OH is 1. The highest BCUT2D eigenvalue weighted by atomic mass is 16.3. The van der Waals surface area contributed by atoms with Crippen LogP contribution in [0.3, 0.4) is 0 Å². The van der Waals surface area contributed by atoms with Gasteiger partial charge in [-0.25, -0.2) is 0 Å². The summed E-state index contributed by atoms with van der Waals surface area (Å²) in [6, 6.07) is 0.848. The number of β-amino-alcohol motifs (C(OH)–C–C–N with tert-alkyl or cyclic N) is 1. The van der Waals surface area contributed by atoms with Gasteiger partial charge < -0.3 is 15.7 Å². The third kappa shape index (κ3) is 3.39. The summed E-state index contributed by atoms with van der Waals surface area (Å²) >= 11 is 0. The lowest BCUT2D eigenvalue weighted by atomic mass is 9.98. The van der Waals surface area contributed by atoms with E-state index in [1.165, 1.54) is 0 Å². The predicted molar refractivity (Wildman–Crippen MR) is 69.0 cm³/mol. The van der Waals surface area contributed by atoms with Crippen LogP contribution in [0.1, 0.15) is 6.42 Å². The van der Waals surface area contributed by atoms with Gasteiger partial charge in [0.15, 0.2) is 0 Å². The van der Waals surface area contributed by atoms with Crippen molar-refractivity contribution >= 4 is 0 Å². The number of aliphatic hydroxyl groups is 1. The lowest BCUT2D eigenvalue weighted by Gasteiger charge is -2.45. The molecule has 0 radical (unpaired) electrons. The highest BCUT2D eigenvalue weighted by Crippen LogP contribution is 2.16. The van der Waals surface area contributed by atoms with Gasteiger partial charge in [-0.3, -0.25) is 9.80 Å². The maximum atomic E-state index is 8.93. The molecule has 0 aromatic carbocycles. The van der Waals surface area contributed by atoms with Crippen LogP contribution in [0.4, 0.5) is 0 Å². The summed E-state index contributed by atoms with van der Waals surface area (Å²) in [4.78, 5) is 7.25. The van der Waals surface area contributed by atoms with E-state index in [0.717, 1.165) is 52.2 Å². The molecule has 17 heavy (non-hydrogen) atoms. The number of rotatable bonds is 3. The lowest BCUT2D eigenvalue weighted by Crippen LogP contribution is -2.61. The smallest absolute Gasteiger partial charge is 0.0558 e. The van der Waals surface area contributed by atoms with Crippen molar-refractivity contribution in [3.8, 4) is 0 Å². The molecule has 5 heteroatoms. The predicted octanol–water partition coefficient (Wildman–Crippen LogP) is -1.37. The largest absolute Gasteiger partial charge is 0.395 e. The molecule has 2 aliphatic heterocycles. The second-order valence-electron chi connectivity index (χ2n) is 5.38. The van der Waals surface area contributed by atoms with Crippen LogP contribution < -0.4 is 5.73 Å². The standard InChI is InChI=1S/C12H26N4O/c1-14-3-2-11(13)12(10-14)16-6-4-15(5-7-16)8-9-17/h11-12,17H,2-10,13H2,1H3. The summed E-state index contributed by atoms with van der Waals surface area (Å²) in [6.45, 7) is 7.61. The highest BCUT2D eigenvalue weighted by molar-refractivity contribution is 4.91. The first-order valence-corrected chi connectivity index (χ1v) is 6.72. The molecule has 0 aromatic rings. The molecule has 0 aliphatic carbocycles. The van der Waals surface area contributed by atoms with Crippen molar-refractivity contribution in [1.82, 2.24) is 14.7 Å². The minimum Gasteiger partial charge on any atom is -0.395 e. The number of hydrogen-bond acceptors (Lipinski definition) is 5. The van der Waals surface area contributed by atoms with E-state index in [0.29, 0.717) is 12.1 Å². The first-order valence-electron chi connectivity index (χ1n) is 6.72. The van der Waals surface area contributed by atoms with Crippen molar-refractivity contribution < 1.29 is 5.11 Å². The summed E-state index contributed by atoms with van der Waals surface area (Å²) in [5.41, 5.74) is 6.24. The normalized spacial score (nSPS) is 34.1. The van der Waals surface area contributed by atoms with Gasteiger partial charge in [-0.1, -0.05) is 0 Å². The third-order valence-electron chi connectivity index (χ3n) is 4.13. The molecule has 0 bridgehead atoms. The maximum Gasteiger partial charge on any atom is 0.0558 e. The van der Waals surface area contributed by atoms with Crippen LogP contribution in [0.2, 0.25) is 0 Å². The monoisotopic (exact) mass is 242 g/mol. The Morgan fingerprint density at radius 2 is 1.88 bits per heavy atom. The van der Waals surface area contributed by atoms with Crippen molar-refractivity contribution in [1.29, 1.82) is 0 Å². The molecule has 0 amide bonds. The Bertz CT molecular complexity index is 231.